The predicted octanol–water partition coefficient (Wildman–Crippen LogP) is 2.11. The maximum absolute atomic E-state index is 12.2. The largest absolute Gasteiger partial charge is 0.479 e. The van der Waals surface area contributed by atoms with Gasteiger partial charge in [0, 0.05) is 24.7 Å². The number of carbonyl (C=O) groups excluding carboxylic acids is 1. The number of aromatic nitrogens is 1. The van der Waals surface area contributed by atoms with Gasteiger partial charge < -0.3 is 20.1 Å². The van der Waals surface area contributed by atoms with Crippen molar-refractivity contribution in [3.8, 4) is 0 Å². The molecular formula is C16H17ClN2O4. The van der Waals surface area contributed by atoms with E-state index in [1.165, 1.54) is 0 Å². The van der Waals surface area contributed by atoms with Gasteiger partial charge >= 0.3 is 5.97 Å². The molecule has 3 N–H and O–H groups in total. The summed E-state index contributed by atoms with van der Waals surface area (Å²) >= 11 is 6.11. The molecule has 1 saturated heterocycles. The van der Waals surface area contributed by atoms with E-state index in [0.717, 1.165) is 16.5 Å². The Hall–Kier alpha value is -2.05. The Morgan fingerprint density at radius 3 is 2.96 bits per heavy atom. The second kappa shape index (κ2) is 6.22. The summed E-state index contributed by atoms with van der Waals surface area (Å²) in [6.45, 7) is 0.622. The molecule has 1 aliphatic heterocycles. The van der Waals surface area contributed by atoms with E-state index in [2.05, 4.69) is 10.3 Å². The van der Waals surface area contributed by atoms with E-state index in [9.17, 15) is 14.7 Å². The van der Waals surface area contributed by atoms with Crippen LogP contribution in [0.15, 0.2) is 24.4 Å². The molecule has 0 aliphatic carbocycles. The number of halogens is 1. The molecule has 0 saturated carbocycles. The number of para-hydroxylation sites is 1. The Labute approximate surface area is 137 Å². The second-order valence-corrected chi connectivity index (χ2v) is 5.97. The molecule has 3 rings (SSSR count). The standard InChI is InChI=1S/C16H17ClN2O4/c17-12-4-1-3-11-10(9-19-13(11)12)5-7-18-14(20)16(15(21)22)6-2-8-23-16/h1,3-4,9,19H,2,5-8H2,(H,18,20)(H,21,22). The fourth-order valence-electron chi connectivity index (χ4n) is 2.92. The van der Waals surface area contributed by atoms with Gasteiger partial charge in [-0.2, -0.15) is 0 Å². The molecule has 2 heterocycles. The molecule has 7 heteroatoms. The lowest BCUT2D eigenvalue weighted by Gasteiger charge is -2.22. The van der Waals surface area contributed by atoms with Crippen LogP contribution in [-0.4, -0.2) is 40.7 Å². The average molecular weight is 337 g/mol. The highest BCUT2D eigenvalue weighted by Gasteiger charge is 2.50. The molecule has 6 nitrogen and oxygen atoms in total. The lowest BCUT2D eigenvalue weighted by molar-refractivity contribution is -0.167. The number of benzene rings is 1. The van der Waals surface area contributed by atoms with Crippen molar-refractivity contribution in [2.75, 3.05) is 13.2 Å². The second-order valence-electron chi connectivity index (χ2n) is 5.57. The highest BCUT2D eigenvalue weighted by molar-refractivity contribution is 6.35. The van der Waals surface area contributed by atoms with Gasteiger partial charge in [0.05, 0.1) is 10.5 Å². The van der Waals surface area contributed by atoms with Crippen LogP contribution < -0.4 is 5.32 Å². The minimum Gasteiger partial charge on any atom is -0.479 e. The van der Waals surface area contributed by atoms with Crippen molar-refractivity contribution in [2.24, 2.45) is 0 Å². The van der Waals surface area contributed by atoms with Gasteiger partial charge in [-0.15, -0.1) is 0 Å². The number of aromatic amines is 1. The number of nitrogens with one attached hydrogen (secondary N) is 2. The molecule has 23 heavy (non-hydrogen) atoms. The van der Waals surface area contributed by atoms with Crippen molar-refractivity contribution in [2.45, 2.75) is 24.9 Å². The minimum absolute atomic E-state index is 0.205. The van der Waals surface area contributed by atoms with Gasteiger partial charge in [0.1, 0.15) is 0 Å². The van der Waals surface area contributed by atoms with Crippen LogP contribution in [0.3, 0.4) is 0 Å². The van der Waals surface area contributed by atoms with E-state index >= 15 is 0 Å². The third-order valence-corrected chi connectivity index (χ3v) is 4.48. The molecular weight excluding hydrogens is 320 g/mol. The number of aliphatic carboxylic acids is 1. The van der Waals surface area contributed by atoms with Crippen molar-refractivity contribution in [3.05, 3.63) is 35.0 Å². The summed E-state index contributed by atoms with van der Waals surface area (Å²) in [4.78, 5) is 26.7. The number of carboxylic acid groups (broad SMARTS) is 1. The first-order valence-corrected chi connectivity index (χ1v) is 7.82. The number of carboxylic acids is 1. The van der Waals surface area contributed by atoms with Crippen molar-refractivity contribution >= 4 is 34.4 Å². The normalized spacial score (nSPS) is 20.7. The fraction of sp³-hybridized carbons (Fsp3) is 0.375. The summed E-state index contributed by atoms with van der Waals surface area (Å²) < 4.78 is 5.20. The monoisotopic (exact) mass is 336 g/mol. The van der Waals surface area contributed by atoms with Crippen LogP contribution in [0.2, 0.25) is 5.02 Å². The molecule has 0 spiro atoms. The third-order valence-electron chi connectivity index (χ3n) is 4.16. The van der Waals surface area contributed by atoms with Crippen molar-refractivity contribution in [3.63, 3.8) is 0 Å². The van der Waals surface area contributed by atoms with Gasteiger partial charge in [0.2, 0.25) is 5.60 Å². The SMILES string of the molecule is O=C(O)C1(C(=O)NCCc2c[nH]c3c(Cl)cccc23)CCCO1. The summed E-state index contributed by atoms with van der Waals surface area (Å²) in [6, 6.07) is 5.63. The number of fused-ring (bicyclic) bond motifs is 1. The maximum Gasteiger partial charge on any atom is 0.345 e. The number of H-pyrrole nitrogens is 1. The first-order valence-electron chi connectivity index (χ1n) is 7.45. The van der Waals surface area contributed by atoms with Crippen LogP contribution in [0.4, 0.5) is 0 Å². The third kappa shape index (κ3) is 2.80. The lowest BCUT2D eigenvalue weighted by atomic mass is 9.99. The van der Waals surface area contributed by atoms with Crippen molar-refractivity contribution in [1.82, 2.24) is 10.3 Å². The van der Waals surface area contributed by atoms with Gasteiger partial charge in [-0.05, 0) is 30.9 Å². The van der Waals surface area contributed by atoms with Gasteiger partial charge in [0.25, 0.3) is 5.91 Å². The van der Waals surface area contributed by atoms with Crippen LogP contribution in [0.1, 0.15) is 18.4 Å². The topological polar surface area (TPSA) is 91.4 Å². The summed E-state index contributed by atoms with van der Waals surface area (Å²) in [5, 5.41) is 13.6. The lowest BCUT2D eigenvalue weighted by Crippen LogP contribution is -2.52. The molecule has 1 atom stereocenters. The molecule has 1 fully saturated rings. The highest BCUT2D eigenvalue weighted by Crippen LogP contribution is 2.27. The van der Waals surface area contributed by atoms with E-state index in [1.54, 1.807) is 6.07 Å². The Morgan fingerprint density at radius 2 is 2.26 bits per heavy atom. The van der Waals surface area contributed by atoms with E-state index in [1.807, 2.05) is 18.3 Å². The molecule has 2 aromatic rings. The minimum atomic E-state index is -1.73. The summed E-state index contributed by atoms with van der Waals surface area (Å²) in [5.74, 6) is -1.81. The zero-order valence-corrected chi connectivity index (χ0v) is 13.2. The zero-order valence-electron chi connectivity index (χ0n) is 12.4. The molecule has 122 valence electrons. The van der Waals surface area contributed by atoms with E-state index in [-0.39, 0.29) is 6.42 Å². The van der Waals surface area contributed by atoms with Crippen LogP contribution in [0.5, 0.6) is 0 Å². The van der Waals surface area contributed by atoms with Gasteiger partial charge in [-0.3, -0.25) is 4.79 Å². The zero-order chi connectivity index (χ0) is 16.4. The number of hydrogen-bond donors (Lipinski definition) is 3. The Bertz CT molecular complexity index is 750. The molecule has 1 aromatic heterocycles. The number of ether oxygens (including phenoxy) is 1. The predicted molar refractivity (Wildman–Crippen MR) is 85.6 cm³/mol. The Morgan fingerprint density at radius 1 is 1.43 bits per heavy atom. The van der Waals surface area contributed by atoms with Crippen LogP contribution in [0, 0.1) is 0 Å². The summed E-state index contributed by atoms with van der Waals surface area (Å²) in [7, 11) is 0. The quantitative estimate of drug-likeness (QED) is 0.729. The molecule has 1 unspecified atom stereocenters. The number of hydrogen-bond acceptors (Lipinski definition) is 3. The number of rotatable bonds is 5. The number of carbonyl (C=O) groups is 2. The fourth-order valence-corrected chi connectivity index (χ4v) is 3.15. The first kappa shape index (κ1) is 15.8. The number of amides is 1. The highest BCUT2D eigenvalue weighted by atomic mass is 35.5. The Balaban J connectivity index is 1.66. The van der Waals surface area contributed by atoms with E-state index in [0.29, 0.717) is 31.0 Å². The van der Waals surface area contributed by atoms with Crippen molar-refractivity contribution in [1.29, 1.82) is 0 Å². The van der Waals surface area contributed by atoms with Gasteiger partial charge in [-0.25, -0.2) is 4.79 Å². The van der Waals surface area contributed by atoms with E-state index in [4.69, 9.17) is 16.3 Å². The summed E-state index contributed by atoms with van der Waals surface area (Å²) in [6.07, 6.45) is 3.20. The van der Waals surface area contributed by atoms with Gasteiger partial charge in [-0.1, -0.05) is 23.7 Å². The van der Waals surface area contributed by atoms with Gasteiger partial charge in [0.15, 0.2) is 0 Å². The Kier molecular flexibility index (Phi) is 4.28. The van der Waals surface area contributed by atoms with Crippen LogP contribution >= 0.6 is 11.6 Å². The molecule has 1 aromatic carbocycles. The summed E-state index contributed by atoms with van der Waals surface area (Å²) in [5.41, 5.74) is 0.139. The molecule has 0 bridgehead atoms. The van der Waals surface area contributed by atoms with Crippen LogP contribution in [-0.2, 0) is 20.7 Å². The smallest absolute Gasteiger partial charge is 0.345 e. The van der Waals surface area contributed by atoms with Crippen LogP contribution in [0.25, 0.3) is 10.9 Å². The first-order chi connectivity index (χ1) is 11.0. The average Bonchev–Trinajstić information content (AvgIpc) is 3.16. The molecule has 1 aliphatic rings. The maximum atomic E-state index is 12.2. The molecule has 0 radical (unpaired) electrons. The van der Waals surface area contributed by atoms with E-state index < -0.39 is 17.5 Å². The van der Waals surface area contributed by atoms with Crippen molar-refractivity contribution < 1.29 is 19.4 Å². The molecule has 1 amide bonds.